The third-order valence-electron chi connectivity index (χ3n) is 3.98. The molecule has 3 rings (SSSR count). The summed E-state index contributed by atoms with van der Waals surface area (Å²) in [5, 5.41) is 0. The highest BCUT2D eigenvalue weighted by molar-refractivity contribution is 9.10. The van der Waals surface area contributed by atoms with E-state index in [0.29, 0.717) is 29.4 Å². The number of ether oxygens (including phenoxy) is 3. The van der Waals surface area contributed by atoms with Gasteiger partial charge in [0.2, 0.25) is 0 Å². The molecule has 0 aromatic heterocycles. The van der Waals surface area contributed by atoms with Crippen LogP contribution >= 0.6 is 15.9 Å². The van der Waals surface area contributed by atoms with Crippen molar-refractivity contribution >= 4 is 33.7 Å². The zero-order valence-corrected chi connectivity index (χ0v) is 16.7. The third-order valence-corrected chi connectivity index (χ3v) is 4.57. The molecule has 0 atom stereocenters. The molecule has 0 saturated heterocycles. The van der Waals surface area contributed by atoms with Crippen LogP contribution in [-0.2, 0) is 9.53 Å². The van der Waals surface area contributed by atoms with Crippen LogP contribution < -0.4 is 9.47 Å². The molecule has 138 valence electrons. The molecule has 0 bridgehead atoms. The van der Waals surface area contributed by atoms with Crippen LogP contribution in [-0.4, -0.2) is 19.7 Å². The number of esters is 1. The number of hydrogen-bond acceptors (Lipinski definition) is 4. The lowest BCUT2D eigenvalue weighted by atomic mass is 10.1. The molecule has 0 fully saturated rings. The fraction of sp³-hybridized carbons (Fsp3) is 0.136. The second-order valence-corrected chi connectivity index (χ2v) is 6.85. The zero-order chi connectivity index (χ0) is 19.4. The standard InChI is InChI=1S/C22H19BrO4/c1-4-9-26-21-18(23)11-15(12-20(21)25-3)10-17-13-19(27-22(17)24)16-7-5-14(2)6-8-16/h4-8,10-13H,1,9H2,2-3H3. The number of benzene rings is 2. The maximum absolute atomic E-state index is 12.3. The third kappa shape index (κ3) is 4.31. The van der Waals surface area contributed by atoms with Crippen LogP contribution in [0.1, 0.15) is 16.7 Å². The van der Waals surface area contributed by atoms with E-state index in [4.69, 9.17) is 14.2 Å². The summed E-state index contributed by atoms with van der Waals surface area (Å²) in [6, 6.07) is 11.5. The first-order chi connectivity index (χ1) is 13.0. The van der Waals surface area contributed by atoms with Gasteiger partial charge in [-0.25, -0.2) is 4.79 Å². The van der Waals surface area contributed by atoms with Gasteiger partial charge in [-0.15, -0.1) is 0 Å². The smallest absolute Gasteiger partial charge is 0.343 e. The maximum atomic E-state index is 12.3. The van der Waals surface area contributed by atoms with Crippen molar-refractivity contribution < 1.29 is 19.0 Å². The Morgan fingerprint density at radius 2 is 1.96 bits per heavy atom. The number of carbonyl (C=O) groups is 1. The Bertz CT molecular complexity index is 940. The molecule has 1 heterocycles. The molecule has 27 heavy (non-hydrogen) atoms. The van der Waals surface area contributed by atoms with Gasteiger partial charge in [0, 0.05) is 5.56 Å². The van der Waals surface area contributed by atoms with Crippen LogP contribution in [0.4, 0.5) is 0 Å². The largest absolute Gasteiger partial charge is 0.493 e. The Morgan fingerprint density at radius 1 is 1.22 bits per heavy atom. The number of hydrogen-bond donors (Lipinski definition) is 0. The molecule has 0 N–H and O–H groups in total. The summed E-state index contributed by atoms with van der Waals surface area (Å²) >= 11 is 3.49. The van der Waals surface area contributed by atoms with Gasteiger partial charge in [0.1, 0.15) is 12.4 Å². The van der Waals surface area contributed by atoms with Crippen molar-refractivity contribution in [3.63, 3.8) is 0 Å². The molecular formula is C22H19BrO4. The number of methoxy groups -OCH3 is 1. The number of carbonyl (C=O) groups excluding carboxylic acids is 1. The summed E-state index contributed by atoms with van der Waals surface area (Å²) < 4.78 is 17.2. The molecule has 0 radical (unpaired) electrons. The second kappa shape index (κ2) is 8.27. The van der Waals surface area contributed by atoms with E-state index in [1.54, 1.807) is 31.4 Å². The first kappa shape index (κ1) is 19.0. The van der Waals surface area contributed by atoms with Gasteiger partial charge in [-0.1, -0.05) is 42.5 Å². The highest BCUT2D eigenvalue weighted by Crippen LogP contribution is 2.38. The summed E-state index contributed by atoms with van der Waals surface area (Å²) in [6.07, 6.45) is 5.16. The minimum Gasteiger partial charge on any atom is -0.493 e. The van der Waals surface area contributed by atoms with Gasteiger partial charge in [-0.3, -0.25) is 0 Å². The molecule has 0 unspecified atom stereocenters. The van der Waals surface area contributed by atoms with Gasteiger partial charge in [-0.05, 0) is 52.7 Å². The van der Waals surface area contributed by atoms with Gasteiger partial charge in [0.15, 0.2) is 11.5 Å². The highest BCUT2D eigenvalue weighted by atomic mass is 79.9. The van der Waals surface area contributed by atoms with Crippen molar-refractivity contribution in [1.29, 1.82) is 0 Å². The van der Waals surface area contributed by atoms with E-state index < -0.39 is 0 Å². The summed E-state index contributed by atoms with van der Waals surface area (Å²) in [7, 11) is 1.57. The Morgan fingerprint density at radius 3 is 2.63 bits per heavy atom. The van der Waals surface area contributed by atoms with Crippen molar-refractivity contribution in [2.45, 2.75) is 6.92 Å². The summed E-state index contributed by atoms with van der Waals surface area (Å²) in [5.74, 6) is 1.31. The minimum atomic E-state index is -0.382. The average Bonchev–Trinajstić information content (AvgIpc) is 3.01. The monoisotopic (exact) mass is 426 g/mol. The summed E-state index contributed by atoms with van der Waals surface area (Å²) in [6.45, 7) is 6.02. The topological polar surface area (TPSA) is 44.8 Å². The van der Waals surface area contributed by atoms with E-state index in [1.807, 2.05) is 37.3 Å². The molecule has 5 heteroatoms. The number of cyclic esters (lactones) is 1. The Hall–Kier alpha value is -2.79. The molecule has 0 saturated carbocycles. The molecule has 0 amide bonds. The minimum absolute atomic E-state index is 0.365. The lowest BCUT2D eigenvalue weighted by molar-refractivity contribution is -0.130. The lowest BCUT2D eigenvalue weighted by Crippen LogP contribution is -1.99. The Labute approximate surface area is 166 Å². The quantitative estimate of drug-likeness (QED) is 0.356. The van der Waals surface area contributed by atoms with Gasteiger partial charge in [0.05, 0.1) is 17.2 Å². The number of aryl methyl sites for hydroxylation is 1. The molecule has 1 aliphatic heterocycles. The van der Waals surface area contributed by atoms with E-state index in [2.05, 4.69) is 22.5 Å². The molecular weight excluding hydrogens is 408 g/mol. The van der Waals surface area contributed by atoms with Crippen LogP contribution in [0.2, 0.25) is 0 Å². The predicted octanol–water partition coefficient (Wildman–Crippen LogP) is 5.31. The average molecular weight is 427 g/mol. The molecule has 2 aromatic carbocycles. The Kier molecular flexibility index (Phi) is 5.81. The molecule has 2 aromatic rings. The van der Waals surface area contributed by atoms with Gasteiger partial charge < -0.3 is 14.2 Å². The second-order valence-electron chi connectivity index (χ2n) is 6.00. The maximum Gasteiger partial charge on any atom is 0.343 e. The van der Waals surface area contributed by atoms with Gasteiger partial charge in [-0.2, -0.15) is 0 Å². The SMILES string of the molecule is C=CCOc1c(Br)cc(C=C2C=C(c3ccc(C)cc3)OC2=O)cc1OC. The van der Waals surface area contributed by atoms with Gasteiger partial charge in [0.25, 0.3) is 0 Å². The van der Waals surface area contributed by atoms with Crippen molar-refractivity contribution in [3.8, 4) is 11.5 Å². The zero-order valence-electron chi connectivity index (χ0n) is 15.1. The van der Waals surface area contributed by atoms with Crippen molar-refractivity contribution in [2.24, 2.45) is 0 Å². The fourth-order valence-electron chi connectivity index (χ4n) is 2.63. The summed E-state index contributed by atoms with van der Waals surface area (Å²) in [4.78, 5) is 12.3. The van der Waals surface area contributed by atoms with Crippen molar-refractivity contribution in [3.05, 3.63) is 81.9 Å². The summed E-state index contributed by atoms with van der Waals surface area (Å²) in [5.41, 5.74) is 3.27. The number of rotatable bonds is 6. The van der Waals surface area contributed by atoms with Gasteiger partial charge >= 0.3 is 5.97 Å². The van der Waals surface area contributed by atoms with Crippen LogP contribution in [0.5, 0.6) is 11.5 Å². The molecule has 4 nitrogen and oxygen atoms in total. The Balaban J connectivity index is 1.93. The lowest BCUT2D eigenvalue weighted by Gasteiger charge is -2.12. The number of halogens is 1. The molecule has 0 aliphatic carbocycles. The van der Waals surface area contributed by atoms with E-state index >= 15 is 0 Å². The van der Waals surface area contributed by atoms with Crippen LogP contribution in [0, 0.1) is 6.92 Å². The van der Waals surface area contributed by atoms with Crippen molar-refractivity contribution in [1.82, 2.24) is 0 Å². The molecule has 0 spiro atoms. The van der Waals surface area contributed by atoms with E-state index in [-0.39, 0.29) is 5.97 Å². The fourth-order valence-corrected chi connectivity index (χ4v) is 3.21. The highest BCUT2D eigenvalue weighted by Gasteiger charge is 2.22. The molecule has 1 aliphatic rings. The van der Waals surface area contributed by atoms with Crippen LogP contribution in [0.25, 0.3) is 11.8 Å². The van der Waals surface area contributed by atoms with Crippen LogP contribution in [0.3, 0.4) is 0 Å². The van der Waals surface area contributed by atoms with Crippen molar-refractivity contribution in [2.75, 3.05) is 13.7 Å². The normalized spacial score (nSPS) is 14.7. The first-order valence-corrected chi connectivity index (χ1v) is 9.15. The van der Waals surface area contributed by atoms with E-state index in [1.165, 1.54) is 0 Å². The first-order valence-electron chi connectivity index (χ1n) is 8.35. The van der Waals surface area contributed by atoms with E-state index in [0.717, 1.165) is 21.2 Å². The van der Waals surface area contributed by atoms with Crippen LogP contribution in [0.15, 0.2) is 65.2 Å². The van der Waals surface area contributed by atoms with E-state index in [9.17, 15) is 4.79 Å². The predicted molar refractivity (Wildman–Crippen MR) is 110 cm³/mol.